The number of likely N-dealkylation sites (tertiary alicyclic amines) is 1. The number of nitrogens with zero attached hydrogens (tertiary/aromatic N) is 1. The summed E-state index contributed by atoms with van der Waals surface area (Å²) in [6.45, 7) is 4.63. The molecule has 196 valence electrons. The first-order valence-electron chi connectivity index (χ1n) is 13.3. The summed E-state index contributed by atoms with van der Waals surface area (Å²) in [6, 6.07) is 0. The third kappa shape index (κ3) is 9.28. The summed E-state index contributed by atoms with van der Waals surface area (Å²) in [5.41, 5.74) is 0. The van der Waals surface area contributed by atoms with Crippen LogP contribution in [-0.2, 0) is 28.7 Å². The van der Waals surface area contributed by atoms with Crippen LogP contribution < -0.4 is 10.6 Å². The fraction of sp³-hybridized carbons (Fsp3) is 0.769. The Hall–Kier alpha value is -2.42. The van der Waals surface area contributed by atoms with Gasteiger partial charge in [-0.2, -0.15) is 0 Å². The van der Waals surface area contributed by atoms with Crippen molar-refractivity contribution in [2.75, 3.05) is 32.7 Å². The van der Waals surface area contributed by atoms with Crippen molar-refractivity contribution in [3.63, 3.8) is 0 Å². The highest BCUT2D eigenvalue weighted by Gasteiger charge is 2.28. The average Bonchev–Trinajstić information content (AvgIpc) is 2.88. The molecule has 3 aliphatic rings. The van der Waals surface area contributed by atoms with Gasteiger partial charge in [-0.05, 0) is 83.4 Å². The van der Waals surface area contributed by atoms with Crippen molar-refractivity contribution in [3.05, 3.63) is 12.2 Å². The van der Waals surface area contributed by atoms with E-state index >= 15 is 0 Å². The lowest BCUT2D eigenvalue weighted by Gasteiger charge is -2.31. The zero-order chi connectivity index (χ0) is 25.0. The Labute approximate surface area is 208 Å². The van der Waals surface area contributed by atoms with Crippen LogP contribution in [0, 0.1) is 11.8 Å². The molecule has 35 heavy (non-hydrogen) atoms. The Morgan fingerprint density at radius 1 is 1.03 bits per heavy atom. The number of carbonyl (C=O) groups excluding carboxylic acids is 4. The number of rotatable bonds is 9. The van der Waals surface area contributed by atoms with E-state index in [1.165, 1.54) is 6.92 Å². The van der Waals surface area contributed by atoms with E-state index in [9.17, 15) is 19.2 Å². The number of nitrogens with one attached hydrogen (secondary N) is 2. The molecule has 0 aromatic rings. The minimum Gasteiger partial charge on any atom is -0.460 e. The van der Waals surface area contributed by atoms with Gasteiger partial charge in [0, 0.05) is 19.6 Å². The minimum atomic E-state index is -0.962. The van der Waals surface area contributed by atoms with Crippen LogP contribution in [0.25, 0.3) is 0 Å². The van der Waals surface area contributed by atoms with Crippen LogP contribution in [-0.4, -0.2) is 73.6 Å². The minimum absolute atomic E-state index is 0.0267. The van der Waals surface area contributed by atoms with E-state index in [2.05, 4.69) is 10.6 Å². The smallest absolute Gasteiger partial charge is 0.347 e. The Morgan fingerprint density at radius 2 is 1.77 bits per heavy atom. The molecular weight excluding hydrogens is 450 g/mol. The second-order valence-corrected chi connectivity index (χ2v) is 9.94. The second kappa shape index (κ2) is 14.2. The quantitative estimate of drug-likeness (QED) is 0.375. The van der Waals surface area contributed by atoms with Gasteiger partial charge in [-0.15, -0.1) is 0 Å². The maximum atomic E-state index is 12.6. The zero-order valence-corrected chi connectivity index (χ0v) is 21.0. The van der Waals surface area contributed by atoms with Crippen molar-refractivity contribution in [2.24, 2.45) is 11.8 Å². The van der Waals surface area contributed by atoms with E-state index in [1.807, 2.05) is 6.08 Å². The SMILES string of the molecule is CC(OC(=O)CCNC(=O)[C@@H]1CCCN(C(=O)/C=C/C2CCNCC2)C1)C(=O)OC1CCCCC1. The highest BCUT2D eigenvalue weighted by atomic mass is 16.6. The van der Waals surface area contributed by atoms with Gasteiger partial charge in [-0.25, -0.2) is 4.79 Å². The molecule has 1 aliphatic carbocycles. The monoisotopic (exact) mass is 491 g/mol. The highest BCUT2D eigenvalue weighted by Crippen LogP contribution is 2.21. The Kier molecular flexibility index (Phi) is 11.0. The second-order valence-electron chi connectivity index (χ2n) is 9.94. The molecular formula is C26H41N3O6. The molecule has 9 nitrogen and oxygen atoms in total. The Balaban J connectivity index is 1.33. The summed E-state index contributed by atoms with van der Waals surface area (Å²) in [7, 11) is 0. The lowest BCUT2D eigenvalue weighted by Crippen LogP contribution is -2.45. The van der Waals surface area contributed by atoms with Gasteiger partial charge in [0.25, 0.3) is 0 Å². The van der Waals surface area contributed by atoms with Gasteiger partial charge in [-0.1, -0.05) is 12.5 Å². The third-order valence-corrected chi connectivity index (χ3v) is 7.10. The molecule has 9 heteroatoms. The Morgan fingerprint density at radius 3 is 2.51 bits per heavy atom. The highest BCUT2D eigenvalue weighted by molar-refractivity contribution is 5.88. The molecule has 0 spiro atoms. The summed E-state index contributed by atoms with van der Waals surface area (Å²) in [5.74, 6) is -1.14. The molecule has 1 unspecified atom stereocenters. The van der Waals surface area contributed by atoms with Crippen LogP contribution in [0.15, 0.2) is 12.2 Å². The van der Waals surface area contributed by atoms with Crippen molar-refractivity contribution < 1.29 is 28.7 Å². The normalized spacial score (nSPS) is 23.0. The van der Waals surface area contributed by atoms with Crippen LogP contribution in [0.5, 0.6) is 0 Å². The van der Waals surface area contributed by atoms with Gasteiger partial charge in [0.15, 0.2) is 6.10 Å². The summed E-state index contributed by atoms with van der Waals surface area (Å²) in [5, 5.41) is 6.09. The number of hydrogen-bond donors (Lipinski definition) is 2. The van der Waals surface area contributed by atoms with Crippen molar-refractivity contribution in [1.29, 1.82) is 0 Å². The maximum Gasteiger partial charge on any atom is 0.347 e. The molecule has 2 heterocycles. The predicted octanol–water partition coefficient (Wildman–Crippen LogP) is 2.09. The van der Waals surface area contributed by atoms with E-state index in [4.69, 9.17) is 9.47 Å². The van der Waals surface area contributed by atoms with E-state index < -0.39 is 18.0 Å². The van der Waals surface area contributed by atoms with Crippen LogP contribution >= 0.6 is 0 Å². The molecule has 0 radical (unpaired) electrons. The van der Waals surface area contributed by atoms with Crippen LogP contribution in [0.4, 0.5) is 0 Å². The fourth-order valence-corrected chi connectivity index (χ4v) is 4.93. The summed E-state index contributed by atoms with van der Waals surface area (Å²) < 4.78 is 10.6. The first-order valence-corrected chi connectivity index (χ1v) is 13.3. The topological polar surface area (TPSA) is 114 Å². The summed E-state index contributed by atoms with van der Waals surface area (Å²) in [6.07, 6.45) is 11.1. The van der Waals surface area contributed by atoms with E-state index in [1.54, 1.807) is 11.0 Å². The molecule has 2 aliphatic heterocycles. The lowest BCUT2D eigenvalue weighted by molar-refractivity contribution is -0.171. The standard InChI is InChI=1S/C26H41N3O6/c1-19(26(33)35-22-7-3-2-4-8-22)34-24(31)13-16-28-25(32)21-6-5-17-29(18-21)23(30)10-9-20-11-14-27-15-12-20/h9-10,19-22,27H,2-8,11-18H2,1H3,(H,28,32)/b10-9+/t19?,21-/m1/s1. The van der Waals surface area contributed by atoms with Gasteiger partial charge in [0.2, 0.25) is 11.8 Å². The molecule has 2 N–H and O–H groups in total. The molecule has 0 aromatic heterocycles. The molecule has 3 fully saturated rings. The largest absolute Gasteiger partial charge is 0.460 e. The molecule has 2 saturated heterocycles. The first kappa shape index (κ1) is 27.2. The lowest BCUT2D eigenvalue weighted by atomic mass is 9.96. The number of amides is 2. The van der Waals surface area contributed by atoms with Gasteiger partial charge in [0.05, 0.1) is 12.3 Å². The number of hydrogen-bond acceptors (Lipinski definition) is 7. The molecule has 1 saturated carbocycles. The summed E-state index contributed by atoms with van der Waals surface area (Å²) >= 11 is 0. The maximum absolute atomic E-state index is 12.6. The Bertz CT molecular complexity index is 758. The van der Waals surface area contributed by atoms with Gasteiger partial charge in [0.1, 0.15) is 6.10 Å². The molecule has 0 aromatic carbocycles. The summed E-state index contributed by atoms with van der Waals surface area (Å²) in [4.78, 5) is 51.2. The number of ether oxygens (including phenoxy) is 2. The first-order chi connectivity index (χ1) is 16.9. The van der Waals surface area contributed by atoms with E-state index in [0.717, 1.165) is 64.5 Å². The predicted molar refractivity (Wildman–Crippen MR) is 130 cm³/mol. The fourth-order valence-electron chi connectivity index (χ4n) is 4.93. The number of carbonyl (C=O) groups is 4. The molecule has 0 bridgehead atoms. The van der Waals surface area contributed by atoms with E-state index in [-0.39, 0.29) is 36.8 Å². The zero-order valence-electron chi connectivity index (χ0n) is 21.0. The third-order valence-electron chi connectivity index (χ3n) is 7.10. The van der Waals surface area contributed by atoms with Gasteiger partial charge < -0.3 is 25.0 Å². The van der Waals surface area contributed by atoms with Gasteiger partial charge in [-0.3, -0.25) is 14.4 Å². The van der Waals surface area contributed by atoms with Crippen LogP contribution in [0.2, 0.25) is 0 Å². The number of esters is 2. The number of piperidine rings is 2. The van der Waals surface area contributed by atoms with Crippen molar-refractivity contribution >= 4 is 23.8 Å². The number of allylic oxidation sites excluding steroid dienone is 1. The molecule has 2 amide bonds. The average molecular weight is 492 g/mol. The van der Waals surface area contributed by atoms with Crippen molar-refractivity contribution in [2.45, 2.75) is 83.3 Å². The van der Waals surface area contributed by atoms with Crippen LogP contribution in [0.3, 0.4) is 0 Å². The van der Waals surface area contributed by atoms with E-state index in [0.29, 0.717) is 25.4 Å². The van der Waals surface area contributed by atoms with Crippen molar-refractivity contribution in [1.82, 2.24) is 15.5 Å². The van der Waals surface area contributed by atoms with Crippen molar-refractivity contribution in [3.8, 4) is 0 Å². The molecule has 2 atom stereocenters. The van der Waals surface area contributed by atoms with Crippen LogP contribution in [0.1, 0.15) is 71.1 Å². The molecule has 3 rings (SSSR count). The van der Waals surface area contributed by atoms with Gasteiger partial charge >= 0.3 is 11.9 Å².